The van der Waals surface area contributed by atoms with E-state index in [-0.39, 0.29) is 5.03 Å². The topological polar surface area (TPSA) is 90.2 Å². The Labute approximate surface area is 175 Å². The normalized spacial score (nSPS) is 19.0. The summed E-state index contributed by atoms with van der Waals surface area (Å²) in [4.78, 5) is 13.5. The van der Waals surface area contributed by atoms with Crippen LogP contribution < -0.4 is 0 Å². The van der Waals surface area contributed by atoms with E-state index in [1.807, 2.05) is 36.5 Å². The van der Waals surface area contributed by atoms with Gasteiger partial charge in [0.2, 0.25) is 0 Å². The zero-order valence-electron chi connectivity index (χ0n) is 16.7. The second-order valence-electron chi connectivity index (χ2n) is 7.81. The lowest BCUT2D eigenvalue weighted by atomic mass is 9.84. The Hall–Kier alpha value is -2.62. The number of sulfonamides is 1. The number of nitrogens with zero attached hydrogens (tertiary/aromatic N) is 5. The molecule has 5 rings (SSSR count). The molecule has 2 aliphatic heterocycles. The van der Waals surface area contributed by atoms with Crippen molar-refractivity contribution in [3.63, 3.8) is 0 Å². The maximum absolute atomic E-state index is 12.9. The van der Waals surface area contributed by atoms with Gasteiger partial charge in [-0.2, -0.15) is 4.31 Å². The number of aromatic nitrogens is 4. The molecule has 1 aromatic carbocycles. The molecular weight excluding hydrogens is 402 g/mol. The highest BCUT2D eigenvalue weighted by molar-refractivity contribution is 7.89. The summed E-state index contributed by atoms with van der Waals surface area (Å²) >= 11 is 0. The lowest BCUT2D eigenvalue weighted by molar-refractivity contribution is -0.0925. The molecule has 0 atom stereocenters. The number of imidazole rings is 1. The molecule has 1 spiro atoms. The monoisotopic (exact) mass is 425 g/mol. The van der Waals surface area contributed by atoms with Crippen LogP contribution in [0.3, 0.4) is 0 Å². The first-order chi connectivity index (χ1) is 14.5. The van der Waals surface area contributed by atoms with Crippen LogP contribution in [0.2, 0.25) is 0 Å². The van der Waals surface area contributed by atoms with E-state index in [1.165, 1.54) is 16.8 Å². The van der Waals surface area contributed by atoms with Gasteiger partial charge in [0.25, 0.3) is 10.0 Å². The molecular formula is C21H23N5O3S. The van der Waals surface area contributed by atoms with Gasteiger partial charge in [0.15, 0.2) is 10.9 Å². The molecule has 0 N–H and O–H groups in total. The van der Waals surface area contributed by atoms with Crippen molar-refractivity contribution in [2.24, 2.45) is 7.05 Å². The van der Waals surface area contributed by atoms with Crippen LogP contribution in [-0.2, 0) is 33.8 Å². The predicted molar refractivity (Wildman–Crippen MR) is 110 cm³/mol. The van der Waals surface area contributed by atoms with Gasteiger partial charge in [0, 0.05) is 38.1 Å². The van der Waals surface area contributed by atoms with Crippen molar-refractivity contribution < 1.29 is 13.2 Å². The molecule has 0 unspecified atom stereocenters. The highest BCUT2D eigenvalue weighted by Gasteiger charge is 2.45. The SMILES string of the molecule is Cn1cnc(S(=O)(=O)N2CCC3(CC2)OCCc2cnc(-c4ccccc4)nc23)c1. The summed E-state index contributed by atoms with van der Waals surface area (Å²) in [5, 5.41) is 0.0830. The fourth-order valence-electron chi connectivity index (χ4n) is 4.26. The Bertz CT molecular complexity index is 1170. The molecule has 3 aromatic rings. The number of hydrogen-bond donors (Lipinski definition) is 0. The van der Waals surface area contributed by atoms with E-state index >= 15 is 0 Å². The van der Waals surface area contributed by atoms with Crippen LogP contribution in [0.1, 0.15) is 24.1 Å². The van der Waals surface area contributed by atoms with E-state index in [2.05, 4.69) is 9.97 Å². The molecule has 1 fully saturated rings. The molecule has 0 radical (unpaired) electrons. The smallest absolute Gasteiger partial charge is 0.262 e. The molecule has 1 saturated heterocycles. The Morgan fingerprint density at radius 3 is 2.57 bits per heavy atom. The number of piperidine rings is 1. The summed E-state index contributed by atoms with van der Waals surface area (Å²) in [6.45, 7) is 1.32. The second-order valence-corrected chi connectivity index (χ2v) is 9.69. The molecule has 9 heteroatoms. The highest BCUT2D eigenvalue weighted by Crippen LogP contribution is 2.41. The van der Waals surface area contributed by atoms with Gasteiger partial charge in [0.05, 0.1) is 18.6 Å². The van der Waals surface area contributed by atoms with Gasteiger partial charge in [-0.25, -0.2) is 23.4 Å². The van der Waals surface area contributed by atoms with Crippen molar-refractivity contribution in [2.75, 3.05) is 19.7 Å². The predicted octanol–water partition coefficient (Wildman–Crippen LogP) is 2.13. The van der Waals surface area contributed by atoms with Gasteiger partial charge in [-0.05, 0) is 24.8 Å². The Balaban J connectivity index is 1.44. The first kappa shape index (κ1) is 19.3. The minimum absolute atomic E-state index is 0.0830. The summed E-state index contributed by atoms with van der Waals surface area (Å²) in [5.74, 6) is 0.669. The summed E-state index contributed by atoms with van der Waals surface area (Å²) in [7, 11) is -1.85. The zero-order chi connectivity index (χ0) is 20.8. The van der Waals surface area contributed by atoms with Gasteiger partial charge in [0.1, 0.15) is 5.60 Å². The summed E-state index contributed by atoms with van der Waals surface area (Å²) in [6, 6.07) is 9.86. The first-order valence-corrected chi connectivity index (χ1v) is 11.5. The second kappa shape index (κ2) is 7.26. The Morgan fingerprint density at radius 1 is 1.10 bits per heavy atom. The van der Waals surface area contributed by atoms with E-state index in [9.17, 15) is 8.42 Å². The standard InChI is InChI=1S/C21H23N5O3S/c1-25-14-18(23-15-25)30(27,28)26-10-8-21(9-11-26)19-17(7-12-29-21)13-22-20(24-19)16-5-3-2-4-6-16/h2-6,13-15H,7-12H2,1H3. The van der Waals surface area contributed by atoms with Gasteiger partial charge in [-0.1, -0.05) is 30.3 Å². The molecule has 0 aliphatic carbocycles. The number of aryl methyl sites for hydroxylation is 1. The minimum atomic E-state index is -3.61. The van der Waals surface area contributed by atoms with Crippen LogP contribution >= 0.6 is 0 Å². The third kappa shape index (κ3) is 3.23. The van der Waals surface area contributed by atoms with Gasteiger partial charge < -0.3 is 9.30 Å². The van der Waals surface area contributed by atoms with Crippen LogP contribution in [0.5, 0.6) is 0 Å². The molecule has 156 valence electrons. The fraction of sp³-hybridized carbons (Fsp3) is 0.381. The largest absolute Gasteiger partial charge is 0.368 e. The average Bonchev–Trinajstić information content (AvgIpc) is 3.22. The number of fused-ring (bicyclic) bond motifs is 2. The number of hydrogen-bond acceptors (Lipinski definition) is 6. The number of rotatable bonds is 3. The third-order valence-electron chi connectivity index (χ3n) is 5.89. The van der Waals surface area contributed by atoms with E-state index in [4.69, 9.17) is 9.72 Å². The van der Waals surface area contributed by atoms with Crippen LogP contribution in [0.4, 0.5) is 0 Å². The van der Waals surface area contributed by atoms with Crippen LogP contribution in [-0.4, -0.2) is 51.9 Å². The van der Waals surface area contributed by atoms with Gasteiger partial charge >= 0.3 is 0 Å². The van der Waals surface area contributed by atoms with E-state index in [0.29, 0.717) is 38.4 Å². The quantitative estimate of drug-likeness (QED) is 0.639. The minimum Gasteiger partial charge on any atom is -0.368 e. The zero-order valence-corrected chi connectivity index (χ0v) is 17.5. The maximum Gasteiger partial charge on any atom is 0.262 e. The number of benzene rings is 1. The van der Waals surface area contributed by atoms with E-state index < -0.39 is 15.6 Å². The van der Waals surface area contributed by atoms with E-state index in [0.717, 1.165) is 23.2 Å². The highest BCUT2D eigenvalue weighted by atomic mass is 32.2. The summed E-state index contributed by atoms with van der Waals surface area (Å²) < 4.78 is 35.3. The van der Waals surface area contributed by atoms with Crippen LogP contribution in [0, 0.1) is 0 Å². The molecule has 0 saturated carbocycles. The molecule has 30 heavy (non-hydrogen) atoms. The van der Waals surface area contributed by atoms with Crippen molar-refractivity contribution in [3.8, 4) is 11.4 Å². The van der Waals surface area contributed by atoms with Crippen LogP contribution in [0.25, 0.3) is 11.4 Å². The molecule has 8 nitrogen and oxygen atoms in total. The number of ether oxygens (including phenoxy) is 1. The van der Waals surface area contributed by atoms with Crippen molar-refractivity contribution in [1.29, 1.82) is 0 Å². The van der Waals surface area contributed by atoms with Crippen LogP contribution in [0.15, 0.2) is 54.1 Å². The Morgan fingerprint density at radius 2 is 1.87 bits per heavy atom. The van der Waals surface area contributed by atoms with Gasteiger partial charge in [-0.3, -0.25) is 0 Å². The van der Waals surface area contributed by atoms with Crippen molar-refractivity contribution in [3.05, 3.63) is 60.3 Å². The Kier molecular flexibility index (Phi) is 4.68. The van der Waals surface area contributed by atoms with Crippen molar-refractivity contribution in [2.45, 2.75) is 29.9 Å². The summed E-state index contributed by atoms with van der Waals surface area (Å²) in [5.41, 5.74) is 2.37. The first-order valence-electron chi connectivity index (χ1n) is 10.0. The van der Waals surface area contributed by atoms with Crippen molar-refractivity contribution >= 4 is 10.0 Å². The van der Waals surface area contributed by atoms with Crippen molar-refractivity contribution in [1.82, 2.24) is 23.8 Å². The molecule has 2 aliphatic rings. The summed E-state index contributed by atoms with van der Waals surface area (Å²) in [6.07, 6.45) is 6.80. The molecule has 0 bridgehead atoms. The van der Waals surface area contributed by atoms with E-state index in [1.54, 1.807) is 11.6 Å². The molecule has 0 amide bonds. The lowest BCUT2D eigenvalue weighted by Crippen LogP contribution is -2.48. The average molecular weight is 426 g/mol. The molecule has 4 heterocycles. The third-order valence-corrected chi connectivity index (χ3v) is 7.68. The molecule has 2 aromatic heterocycles. The van der Waals surface area contributed by atoms with Gasteiger partial charge in [-0.15, -0.1) is 0 Å². The lowest BCUT2D eigenvalue weighted by Gasteiger charge is -2.43. The fourth-order valence-corrected chi connectivity index (χ4v) is 5.67. The maximum atomic E-state index is 12.9.